The highest BCUT2D eigenvalue weighted by atomic mass is 16.5. The van der Waals surface area contributed by atoms with Crippen molar-refractivity contribution < 1.29 is 24.2 Å². The predicted octanol–water partition coefficient (Wildman–Crippen LogP) is 3.53. The Bertz CT molecular complexity index is 913. The van der Waals surface area contributed by atoms with Crippen molar-refractivity contribution in [2.24, 2.45) is 5.92 Å². The summed E-state index contributed by atoms with van der Waals surface area (Å²) >= 11 is 0. The Morgan fingerprint density at radius 3 is 2.16 bits per heavy atom. The molecule has 3 N–H and O–H groups in total. The lowest BCUT2D eigenvalue weighted by atomic mass is 9.98. The molecule has 0 aliphatic heterocycles. The quantitative estimate of drug-likeness (QED) is 0.571. The molecule has 0 saturated heterocycles. The zero-order valence-corrected chi connectivity index (χ0v) is 17.8. The highest BCUT2D eigenvalue weighted by Gasteiger charge is 2.29. The van der Waals surface area contributed by atoms with Crippen molar-refractivity contribution in [3.63, 3.8) is 0 Å². The monoisotopic (exact) mass is 424 g/mol. The van der Waals surface area contributed by atoms with Gasteiger partial charge in [-0.2, -0.15) is 0 Å². The SMILES string of the molecule is CC(CCNC(=O)C[C@H](C)NC(=O)OCC1c2ccccc2-c2ccccc21)C(=O)O. The number of amides is 2. The first-order valence-electron chi connectivity index (χ1n) is 10.5. The smallest absolute Gasteiger partial charge is 0.407 e. The minimum absolute atomic E-state index is 0.0204. The number of rotatable bonds is 9. The molecule has 0 fully saturated rings. The van der Waals surface area contributed by atoms with Gasteiger partial charge in [-0.1, -0.05) is 55.5 Å². The van der Waals surface area contributed by atoms with Crippen molar-refractivity contribution in [1.82, 2.24) is 10.6 Å². The number of carbonyl (C=O) groups excluding carboxylic acids is 2. The third-order valence-corrected chi connectivity index (χ3v) is 5.52. The molecule has 1 aliphatic rings. The second-order valence-electron chi connectivity index (χ2n) is 7.95. The van der Waals surface area contributed by atoms with E-state index in [1.54, 1.807) is 13.8 Å². The highest BCUT2D eigenvalue weighted by molar-refractivity contribution is 5.79. The minimum atomic E-state index is -0.889. The molecule has 2 amide bonds. The van der Waals surface area contributed by atoms with Crippen molar-refractivity contribution >= 4 is 18.0 Å². The normalized spacial score (nSPS) is 14.1. The molecule has 7 heteroatoms. The van der Waals surface area contributed by atoms with Gasteiger partial charge >= 0.3 is 12.1 Å². The molecule has 0 radical (unpaired) electrons. The third kappa shape index (κ3) is 5.63. The van der Waals surface area contributed by atoms with Crippen LogP contribution in [0.3, 0.4) is 0 Å². The second kappa shape index (κ2) is 10.1. The molecule has 164 valence electrons. The van der Waals surface area contributed by atoms with Gasteiger partial charge in [0.05, 0.1) is 5.92 Å². The summed E-state index contributed by atoms with van der Waals surface area (Å²) in [5, 5.41) is 14.2. The molecule has 3 rings (SSSR count). The molecular formula is C24H28N2O5. The Balaban J connectivity index is 1.46. The molecule has 0 bridgehead atoms. The van der Waals surface area contributed by atoms with Crippen molar-refractivity contribution in [1.29, 1.82) is 0 Å². The molecule has 7 nitrogen and oxygen atoms in total. The number of carboxylic acids is 1. The van der Waals surface area contributed by atoms with Crippen LogP contribution < -0.4 is 10.6 Å². The van der Waals surface area contributed by atoms with Crippen LogP contribution in [0, 0.1) is 5.92 Å². The van der Waals surface area contributed by atoms with E-state index in [1.807, 2.05) is 24.3 Å². The molecule has 0 spiro atoms. The zero-order chi connectivity index (χ0) is 22.4. The van der Waals surface area contributed by atoms with E-state index in [0.29, 0.717) is 6.42 Å². The molecule has 2 atom stereocenters. The topological polar surface area (TPSA) is 105 Å². The average molecular weight is 424 g/mol. The first-order valence-corrected chi connectivity index (χ1v) is 10.5. The fourth-order valence-electron chi connectivity index (χ4n) is 3.79. The highest BCUT2D eigenvalue weighted by Crippen LogP contribution is 2.44. The predicted molar refractivity (Wildman–Crippen MR) is 117 cm³/mol. The summed E-state index contributed by atoms with van der Waals surface area (Å²) in [7, 11) is 0. The van der Waals surface area contributed by atoms with Crippen LogP contribution in [-0.2, 0) is 14.3 Å². The number of hydrogen-bond acceptors (Lipinski definition) is 4. The largest absolute Gasteiger partial charge is 0.481 e. The maximum Gasteiger partial charge on any atom is 0.407 e. The van der Waals surface area contributed by atoms with Crippen molar-refractivity contribution in [3.8, 4) is 11.1 Å². The van der Waals surface area contributed by atoms with E-state index < -0.39 is 24.0 Å². The van der Waals surface area contributed by atoms with Gasteiger partial charge in [0.1, 0.15) is 6.61 Å². The molecule has 0 aromatic heterocycles. The number of ether oxygens (including phenoxy) is 1. The summed E-state index contributed by atoms with van der Waals surface area (Å²) in [5.41, 5.74) is 4.60. The minimum Gasteiger partial charge on any atom is -0.481 e. The lowest BCUT2D eigenvalue weighted by Gasteiger charge is -2.17. The molecule has 0 saturated carbocycles. The van der Waals surface area contributed by atoms with Gasteiger partial charge in [0.25, 0.3) is 0 Å². The summed E-state index contributed by atoms with van der Waals surface area (Å²) in [6.45, 7) is 3.81. The average Bonchev–Trinajstić information content (AvgIpc) is 3.05. The molecule has 31 heavy (non-hydrogen) atoms. The molecule has 2 aromatic rings. The van der Waals surface area contributed by atoms with Crippen LogP contribution in [0.25, 0.3) is 11.1 Å². The van der Waals surface area contributed by atoms with Crippen LogP contribution in [-0.4, -0.2) is 42.3 Å². The van der Waals surface area contributed by atoms with E-state index in [1.165, 1.54) is 0 Å². The standard InChI is InChI=1S/C24H28N2O5/c1-15(23(28)29)11-12-25-22(27)13-16(2)26-24(30)31-14-21-19-9-5-3-7-17(19)18-8-4-6-10-20(18)21/h3-10,15-16,21H,11-14H2,1-2H3,(H,25,27)(H,26,30)(H,28,29)/t15?,16-/m0/s1. The van der Waals surface area contributed by atoms with E-state index in [9.17, 15) is 14.4 Å². The van der Waals surface area contributed by atoms with Crippen LogP contribution in [0.15, 0.2) is 48.5 Å². The summed E-state index contributed by atoms with van der Waals surface area (Å²) < 4.78 is 5.48. The third-order valence-electron chi connectivity index (χ3n) is 5.52. The van der Waals surface area contributed by atoms with Crippen molar-refractivity contribution in [3.05, 3.63) is 59.7 Å². The zero-order valence-electron chi connectivity index (χ0n) is 17.8. The van der Waals surface area contributed by atoms with Gasteiger partial charge in [-0.3, -0.25) is 9.59 Å². The molecule has 0 heterocycles. The second-order valence-corrected chi connectivity index (χ2v) is 7.95. The molecular weight excluding hydrogens is 396 g/mol. The summed E-state index contributed by atoms with van der Waals surface area (Å²) in [6.07, 6.45) is -0.123. The lowest BCUT2D eigenvalue weighted by molar-refractivity contribution is -0.141. The summed E-state index contributed by atoms with van der Waals surface area (Å²) in [6, 6.07) is 15.8. The first kappa shape index (κ1) is 22.3. The van der Waals surface area contributed by atoms with E-state index in [2.05, 4.69) is 34.9 Å². The Morgan fingerprint density at radius 2 is 1.58 bits per heavy atom. The Kier molecular flexibility index (Phi) is 7.28. The van der Waals surface area contributed by atoms with E-state index in [-0.39, 0.29) is 31.4 Å². The van der Waals surface area contributed by atoms with Gasteiger partial charge < -0.3 is 20.5 Å². The number of carboxylic acid groups (broad SMARTS) is 1. The number of fused-ring (bicyclic) bond motifs is 3. The summed E-state index contributed by atoms with van der Waals surface area (Å²) in [5.74, 6) is -1.67. The molecule has 1 aliphatic carbocycles. The van der Waals surface area contributed by atoms with Crippen LogP contribution in [0.2, 0.25) is 0 Å². The molecule has 2 aromatic carbocycles. The van der Waals surface area contributed by atoms with Gasteiger partial charge in [-0.15, -0.1) is 0 Å². The van der Waals surface area contributed by atoms with Crippen LogP contribution in [0.5, 0.6) is 0 Å². The van der Waals surface area contributed by atoms with Gasteiger partial charge in [0.2, 0.25) is 5.91 Å². The number of nitrogens with one attached hydrogen (secondary N) is 2. The first-order chi connectivity index (χ1) is 14.9. The van der Waals surface area contributed by atoms with Crippen molar-refractivity contribution in [2.45, 2.75) is 38.6 Å². The summed E-state index contributed by atoms with van der Waals surface area (Å²) in [4.78, 5) is 35.0. The van der Waals surface area contributed by atoms with Crippen LogP contribution in [0.4, 0.5) is 4.79 Å². The van der Waals surface area contributed by atoms with Crippen molar-refractivity contribution in [2.75, 3.05) is 13.2 Å². The maximum absolute atomic E-state index is 12.3. The fraction of sp³-hybridized carbons (Fsp3) is 0.375. The van der Waals surface area contributed by atoms with E-state index >= 15 is 0 Å². The van der Waals surface area contributed by atoms with Gasteiger partial charge in [-0.05, 0) is 35.6 Å². The number of alkyl carbamates (subject to hydrolysis) is 1. The van der Waals surface area contributed by atoms with E-state index in [4.69, 9.17) is 9.84 Å². The van der Waals surface area contributed by atoms with Gasteiger partial charge in [-0.25, -0.2) is 4.79 Å². The van der Waals surface area contributed by atoms with E-state index in [0.717, 1.165) is 22.3 Å². The van der Waals surface area contributed by atoms with Gasteiger partial charge in [0, 0.05) is 24.9 Å². The van der Waals surface area contributed by atoms with Crippen LogP contribution in [0.1, 0.15) is 43.7 Å². The lowest BCUT2D eigenvalue weighted by Crippen LogP contribution is -2.38. The maximum atomic E-state index is 12.3. The Labute approximate surface area is 181 Å². The molecule has 1 unspecified atom stereocenters. The Hall–Kier alpha value is -3.35. The number of carbonyl (C=O) groups is 3. The number of hydrogen-bond donors (Lipinski definition) is 3. The van der Waals surface area contributed by atoms with Gasteiger partial charge in [0.15, 0.2) is 0 Å². The fourth-order valence-corrected chi connectivity index (χ4v) is 3.79. The number of aliphatic carboxylic acids is 1. The Morgan fingerprint density at radius 1 is 1.00 bits per heavy atom. The number of benzene rings is 2. The van der Waals surface area contributed by atoms with Crippen LogP contribution >= 0.6 is 0 Å².